The Balaban J connectivity index is 2.61. The fourth-order valence-corrected chi connectivity index (χ4v) is 3.18. The minimum Gasteiger partial charge on any atom is -0.497 e. The molecule has 0 aliphatic heterocycles. The normalized spacial score (nSPS) is 12.3. The fourth-order valence-electron chi connectivity index (χ4n) is 3.18. The monoisotopic (exact) mass is 387 g/mol. The average Bonchev–Trinajstić information content (AvgIpc) is 2.59. The molecule has 28 heavy (non-hydrogen) atoms. The summed E-state index contributed by atoms with van der Waals surface area (Å²) in [4.78, 5) is 32.7. The highest BCUT2D eigenvalue weighted by Gasteiger charge is 2.25. The smallest absolute Gasteiger partial charge is 0.273 e. The number of methoxy groups -OCH3 is 1. The molecular formula is C22H33N3O3. The molecule has 0 N–H and O–H groups in total. The number of hydrogen-bond donors (Lipinski definition) is 0. The van der Waals surface area contributed by atoms with Crippen molar-refractivity contribution in [1.82, 2.24) is 14.5 Å². The van der Waals surface area contributed by atoms with Crippen molar-refractivity contribution in [2.45, 2.75) is 60.4 Å². The number of aromatic nitrogens is 2. The molecule has 0 spiro atoms. The second-order valence-corrected chi connectivity index (χ2v) is 9.42. The lowest BCUT2D eigenvalue weighted by Gasteiger charge is -2.29. The van der Waals surface area contributed by atoms with E-state index in [0.29, 0.717) is 35.6 Å². The number of nitrogens with zero attached hydrogens (tertiary/aromatic N) is 3. The molecule has 1 amide bonds. The van der Waals surface area contributed by atoms with Gasteiger partial charge in [0.1, 0.15) is 18.0 Å². The van der Waals surface area contributed by atoms with Crippen LogP contribution in [0.15, 0.2) is 23.0 Å². The molecule has 0 unspecified atom stereocenters. The lowest BCUT2D eigenvalue weighted by molar-refractivity contribution is -0.132. The van der Waals surface area contributed by atoms with E-state index in [0.717, 1.165) is 0 Å². The van der Waals surface area contributed by atoms with Gasteiger partial charge in [0.05, 0.1) is 18.1 Å². The van der Waals surface area contributed by atoms with Crippen molar-refractivity contribution in [3.05, 3.63) is 34.2 Å². The molecule has 6 nitrogen and oxygen atoms in total. The van der Waals surface area contributed by atoms with Crippen LogP contribution in [-0.4, -0.2) is 40.6 Å². The maximum absolute atomic E-state index is 13.2. The molecular weight excluding hydrogens is 354 g/mol. The topological polar surface area (TPSA) is 64.4 Å². The molecule has 2 rings (SSSR count). The highest BCUT2D eigenvalue weighted by molar-refractivity contribution is 5.81. The van der Waals surface area contributed by atoms with Gasteiger partial charge in [0.2, 0.25) is 5.91 Å². The number of carbonyl (C=O) groups excluding carboxylic acids is 1. The first kappa shape index (κ1) is 21.9. The molecule has 0 radical (unpaired) electrons. The largest absolute Gasteiger partial charge is 0.497 e. The Morgan fingerprint density at radius 2 is 1.82 bits per heavy atom. The first-order valence-corrected chi connectivity index (χ1v) is 9.74. The molecule has 0 aliphatic rings. The van der Waals surface area contributed by atoms with E-state index in [9.17, 15) is 9.59 Å². The van der Waals surface area contributed by atoms with E-state index in [1.807, 2.05) is 39.8 Å². The number of rotatable bonds is 5. The number of benzene rings is 1. The lowest BCUT2D eigenvalue weighted by atomic mass is 9.92. The molecule has 1 aromatic carbocycles. The Bertz CT molecular complexity index is 917. The van der Waals surface area contributed by atoms with E-state index >= 15 is 0 Å². The number of ether oxygens (including phenoxy) is 1. The number of fused-ring (bicyclic) bond motifs is 1. The predicted molar refractivity (Wildman–Crippen MR) is 113 cm³/mol. The van der Waals surface area contributed by atoms with Crippen molar-refractivity contribution < 1.29 is 9.53 Å². The minimum absolute atomic E-state index is 0.0159. The van der Waals surface area contributed by atoms with Gasteiger partial charge in [0.25, 0.3) is 5.56 Å². The zero-order valence-electron chi connectivity index (χ0n) is 18.4. The van der Waals surface area contributed by atoms with Crippen LogP contribution in [0.1, 0.15) is 54.2 Å². The third-order valence-corrected chi connectivity index (χ3v) is 4.56. The van der Waals surface area contributed by atoms with Crippen LogP contribution in [0.25, 0.3) is 11.0 Å². The van der Waals surface area contributed by atoms with Crippen molar-refractivity contribution in [2.75, 3.05) is 20.2 Å². The van der Waals surface area contributed by atoms with Crippen LogP contribution in [-0.2, 0) is 16.8 Å². The molecule has 0 saturated heterocycles. The van der Waals surface area contributed by atoms with Crippen LogP contribution >= 0.6 is 0 Å². The number of hydrogen-bond acceptors (Lipinski definition) is 4. The van der Waals surface area contributed by atoms with Crippen molar-refractivity contribution in [3.8, 4) is 5.75 Å². The molecule has 154 valence electrons. The first-order chi connectivity index (χ1) is 12.9. The van der Waals surface area contributed by atoms with Gasteiger partial charge in [-0.2, -0.15) is 0 Å². The SMILES string of the molecule is CCN(CC(C)(C)C)C(=O)Cn1c(=O)c(C(C)(C)C)nc2ccc(OC)cc21. The summed E-state index contributed by atoms with van der Waals surface area (Å²) in [5, 5.41) is 0. The van der Waals surface area contributed by atoms with Gasteiger partial charge in [-0.15, -0.1) is 0 Å². The summed E-state index contributed by atoms with van der Waals surface area (Å²) >= 11 is 0. The van der Waals surface area contributed by atoms with Crippen LogP contribution in [0.4, 0.5) is 0 Å². The molecule has 0 aliphatic carbocycles. The molecule has 0 bridgehead atoms. The summed E-state index contributed by atoms with van der Waals surface area (Å²) in [7, 11) is 1.58. The van der Waals surface area contributed by atoms with Crippen molar-refractivity contribution in [1.29, 1.82) is 0 Å². The Labute approximate surface area is 167 Å². The lowest BCUT2D eigenvalue weighted by Crippen LogP contribution is -2.42. The van der Waals surface area contributed by atoms with Gasteiger partial charge in [0, 0.05) is 24.6 Å². The van der Waals surface area contributed by atoms with Crippen LogP contribution in [0.5, 0.6) is 5.75 Å². The second-order valence-electron chi connectivity index (χ2n) is 9.42. The first-order valence-electron chi connectivity index (χ1n) is 9.74. The Morgan fingerprint density at radius 3 is 2.32 bits per heavy atom. The van der Waals surface area contributed by atoms with E-state index < -0.39 is 5.41 Å². The van der Waals surface area contributed by atoms with Crippen LogP contribution in [0.3, 0.4) is 0 Å². The van der Waals surface area contributed by atoms with Crippen molar-refractivity contribution in [3.63, 3.8) is 0 Å². The zero-order chi connectivity index (χ0) is 21.3. The van der Waals surface area contributed by atoms with Gasteiger partial charge in [0.15, 0.2) is 0 Å². The number of carbonyl (C=O) groups is 1. The molecule has 6 heteroatoms. The summed E-state index contributed by atoms with van der Waals surface area (Å²) < 4.78 is 6.86. The number of likely N-dealkylation sites (N-methyl/N-ethyl adjacent to an activating group) is 1. The Hall–Kier alpha value is -2.37. The van der Waals surface area contributed by atoms with Gasteiger partial charge < -0.3 is 9.64 Å². The average molecular weight is 388 g/mol. The third-order valence-electron chi connectivity index (χ3n) is 4.56. The van der Waals surface area contributed by atoms with Gasteiger partial charge in [-0.25, -0.2) is 4.98 Å². The van der Waals surface area contributed by atoms with E-state index in [4.69, 9.17) is 4.74 Å². The van der Waals surface area contributed by atoms with Gasteiger partial charge >= 0.3 is 0 Å². The van der Waals surface area contributed by atoms with Crippen molar-refractivity contribution in [2.24, 2.45) is 5.41 Å². The minimum atomic E-state index is -0.425. The van der Waals surface area contributed by atoms with Crippen LogP contribution < -0.4 is 10.3 Å². The van der Waals surface area contributed by atoms with E-state index in [1.165, 1.54) is 0 Å². The second kappa shape index (κ2) is 7.94. The van der Waals surface area contributed by atoms with Gasteiger partial charge in [-0.05, 0) is 24.5 Å². The molecule has 2 aromatic rings. The van der Waals surface area contributed by atoms with E-state index in [2.05, 4.69) is 25.8 Å². The third kappa shape index (κ3) is 4.91. The summed E-state index contributed by atoms with van der Waals surface area (Å²) in [6.45, 7) is 15.3. The number of amides is 1. The molecule has 1 aromatic heterocycles. The summed E-state index contributed by atoms with van der Waals surface area (Å²) in [6, 6.07) is 5.41. The van der Waals surface area contributed by atoms with Crippen LogP contribution in [0, 0.1) is 5.41 Å². The zero-order valence-corrected chi connectivity index (χ0v) is 18.4. The fraction of sp³-hybridized carbons (Fsp3) is 0.591. The van der Waals surface area contributed by atoms with Gasteiger partial charge in [-0.1, -0.05) is 41.5 Å². The highest BCUT2D eigenvalue weighted by Crippen LogP contribution is 2.23. The maximum atomic E-state index is 13.2. The predicted octanol–water partition coefficient (Wildman–Crippen LogP) is 3.60. The Kier molecular flexibility index (Phi) is 6.21. The van der Waals surface area contributed by atoms with E-state index in [1.54, 1.807) is 22.6 Å². The maximum Gasteiger partial charge on any atom is 0.273 e. The van der Waals surface area contributed by atoms with Crippen LogP contribution in [0.2, 0.25) is 0 Å². The summed E-state index contributed by atoms with van der Waals surface area (Å²) in [6.07, 6.45) is 0. The highest BCUT2D eigenvalue weighted by atomic mass is 16.5. The quantitative estimate of drug-likeness (QED) is 0.786. The Morgan fingerprint density at radius 1 is 1.18 bits per heavy atom. The molecule has 1 heterocycles. The molecule has 0 fully saturated rings. The summed E-state index contributed by atoms with van der Waals surface area (Å²) in [5.41, 5.74) is 1.07. The van der Waals surface area contributed by atoms with Crippen molar-refractivity contribution >= 4 is 16.9 Å². The van der Waals surface area contributed by atoms with Gasteiger partial charge in [-0.3, -0.25) is 14.2 Å². The molecule has 0 atom stereocenters. The summed E-state index contributed by atoms with van der Waals surface area (Å²) in [5.74, 6) is 0.551. The molecule has 0 saturated carbocycles. The van der Waals surface area contributed by atoms with E-state index in [-0.39, 0.29) is 23.4 Å². The standard InChI is InChI=1S/C22H33N3O3/c1-9-24(14-21(2,3)4)18(26)13-25-17-12-15(28-8)10-11-16(17)23-19(20(25)27)22(5,6)7/h10-12H,9,13-14H2,1-8H3.